The molecule has 2 aromatic heterocycles. The Morgan fingerprint density at radius 2 is 2.03 bits per heavy atom. The zero-order valence-corrected chi connectivity index (χ0v) is 18.5. The molecule has 160 valence electrons. The van der Waals surface area contributed by atoms with E-state index in [0.29, 0.717) is 28.4 Å². The van der Waals surface area contributed by atoms with E-state index in [1.807, 2.05) is 16.0 Å². The van der Waals surface area contributed by atoms with Crippen molar-refractivity contribution in [3.05, 3.63) is 71.5 Å². The maximum atomic E-state index is 13.0. The second kappa shape index (κ2) is 8.40. The van der Waals surface area contributed by atoms with Gasteiger partial charge in [-0.05, 0) is 36.8 Å². The number of aromatic nitrogens is 2. The summed E-state index contributed by atoms with van der Waals surface area (Å²) in [6.45, 7) is 1.69. The van der Waals surface area contributed by atoms with Crippen LogP contribution in [0.1, 0.15) is 11.3 Å². The van der Waals surface area contributed by atoms with Gasteiger partial charge in [0.2, 0.25) is 5.91 Å². The molecule has 0 fully saturated rings. The lowest BCUT2D eigenvalue weighted by Crippen LogP contribution is -2.17. The van der Waals surface area contributed by atoms with Gasteiger partial charge in [0.05, 0.1) is 29.8 Å². The van der Waals surface area contributed by atoms with E-state index in [9.17, 15) is 13.2 Å². The molecule has 4 aromatic rings. The van der Waals surface area contributed by atoms with Crippen molar-refractivity contribution in [3.8, 4) is 5.75 Å². The average molecular weight is 457 g/mol. The number of aryl methyl sites for hydroxylation is 1. The van der Waals surface area contributed by atoms with Crippen LogP contribution >= 0.6 is 11.3 Å². The molecule has 10 heteroatoms. The standard InChI is InChI=1S/C21H20N4O4S2/c1-14-7-8-15(22-20(26)12-16-13-25-9-10-30-21(25)23-16)11-19(14)31(27,28)24-17-5-3-4-6-18(17)29-2/h3-11,13,24H,12H2,1-2H3,(H,22,26). The summed E-state index contributed by atoms with van der Waals surface area (Å²) in [5, 5.41) is 4.67. The minimum Gasteiger partial charge on any atom is -0.495 e. The van der Waals surface area contributed by atoms with Gasteiger partial charge in [0, 0.05) is 23.5 Å². The number of carbonyl (C=O) groups excluding carboxylic acids is 1. The highest BCUT2D eigenvalue weighted by Gasteiger charge is 2.20. The Morgan fingerprint density at radius 1 is 1.23 bits per heavy atom. The Kier molecular flexibility index (Phi) is 5.66. The molecule has 0 bridgehead atoms. The predicted octanol–water partition coefficient (Wildman–Crippen LogP) is 3.69. The van der Waals surface area contributed by atoms with Gasteiger partial charge in [-0.3, -0.25) is 13.9 Å². The molecule has 0 aliphatic carbocycles. The van der Waals surface area contributed by atoms with Crippen molar-refractivity contribution < 1.29 is 17.9 Å². The van der Waals surface area contributed by atoms with Crippen molar-refractivity contribution in [2.24, 2.45) is 0 Å². The summed E-state index contributed by atoms with van der Waals surface area (Å²) in [6.07, 6.45) is 3.76. The Morgan fingerprint density at radius 3 is 2.81 bits per heavy atom. The number of hydrogen-bond acceptors (Lipinski definition) is 6. The third kappa shape index (κ3) is 4.54. The third-order valence-corrected chi connectivity index (χ3v) is 6.88. The van der Waals surface area contributed by atoms with Gasteiger partial charge in [-0.2, -0.15) is 0 Å². The van der Waals surface area contributed by atoms with Crippen LogP contribution in [0.2, 0.25) is 0 Å². The summed E-state index contributed by atoms with van der Waals surface area (Å²) in [5.41, 5.74) is 1.91. The number of fused-ring (bicyclic) bond motifs is 1. The van der Waals surface area contributed by atoms with E-state index in [0.717, 1.165) is 4.96 Å². The van der Waals surface area contributed by atoms with Crippen LogP contribution in [-0.2, 0) is 21.2 Å². The third-order valence-electron chi connectivity index (χ3n) is 4.60. The SMILES string of the molecule is COc1ccccc1NS(=O)(=O)c1cc(NC(=O)Cc2cn3ccsc3n2)ccc1C. The maximum Gasteiger partial charge on any atom is 0.262 e. The quantitative estimate of drug-likeness (QED) is 0.442. The van der Waals surface area contributed by atoms with Crippen LogP contribution in [0.15, 0.2) is 65.1 Å². The number of rotatable bonds is 7. The van der Waals surface area contributed by atoms with Gasteiger partial charge in [0.15, 0.2) is 4.96 Å². The van der Waals surface area contributed by atoms with Gasteiger partial charge in [-0.15, -0.1) is 11.3 Å². The van der Waals surface area contributed by atoms with Crippen LogP contribution in [0.4, 0.5) is 11.4 Å². The number of para-hydroxylation sites is 2. The van der Waals surface area contributed by atoms with Gasteiger partial charge < -0.3 is 10.1 Å². The normalized spacial score (nSPS) is 11.4. The van der Waals surface area contributed by atoms with E-state index in [2.05, 4.69) is 15.0 Å². The van der Waals surface area contributed by atoms with E-state index < -0.39 is 10.0 Å². The van der Waals surface area contributed by atoms with Gasteiger partial charge in [-0.1, -0.05) is 18.2 Å². The number of carbonyl (C=O) groups is 1. The highest BCUT2D eigenvalue weighted by Crippen LogP contribution is 2.28. The topological polar surface area (TPSA) is 102 Å². The highest BCUT2D eigenvalue weighted by molar-refractivity contribution is 7.92. The molecule has 0 saturated heterocycles. The molecule has 0 aliphatic rings. The smallest absolute Gasteiger partial charge is 0.262 e. The first-order valence-electron chi connectivity index (χ1n) is 9.33. The largest absolute Gasteiger partial charge is 0.495 e. The predicted molar refractivity (Wildman–Crippen MR) is 120 cm³/mol. The molecule has 0 radical (unpaired) electrons. The minimum atomic E-state index is -3.90. The summed E-state index contributed by atoms with van der Waals surface area (Å²) in [7, 11) is -2.43. The minimum absolute atomic E-state index is 0.0683. The number of anilines is 2. The van der Waals surface area contributed by atoms with Gasteiger partial charge in [0.25, 0.3) is 10.0 Å². The Hall–Kier alpha value is -3.37. The maximum absolute atomic E-state index is 13.0. The number of thiazole rings is 1. The summed E-state index contributed by atoms with van der Waals surface area (Å²) in [6, 6.07) is 11.5. The van der Waals surface area contributed by atoms with Gasteiger partial charge in [0.1, 0.15) is 5.75 Å². The molecule has 2 aromatic carbocycles. The second-order valence-electron chi connectivity index (χ2n) is 6.84. The van der Waals surface area contributed by atoms with Crippen molar-refractivity contribution in [2.45, 2.75) is 18.2 Å². The van der Waals surface area contributed by atoms with Crippen molar-refractivity contribution in [1.29, 1.82) is 0 Å². The van der Waals surface area contributed by atoms with Gasteiger partial charge in [-0.25, -0.2) is 13.4 Å². The van der Waals surface area contributed by atoms with Crippen LogP contribution in [0.25, 0.3) is 4.96 Å². The number of nitrogens with zero attached hydrogens (tertiary/aromatic N) is 2. The fourth-order valence-corrected chi connectivity index (χ4v) is 5.19. The number of sulfonamides is 1. The molecule has 8 nitrogen and oxygen atoms in total. The summed E-state index contributed by atoms with van der Waals surface area (Å²) in [5.74, 6) is 0.129. The van der Waals surface area contributed by atoms with Crippen molar-refractivity contribution >= 4 is 43.6 Å². The lowest BCUT2D eigenvalue weighted by Gasteiger charge is -2.14. The zero-order chi connectivity index (χ0) is 22.0. The average Bonchev–Trinajstić information content (AvgIpc) is 3.31. The van der Waals surface area contributed by atoms with Crippen LogP contribution in [0, 0.1) is 6.92 Å². The Balaban J connectivity index is 1.53. The Bertz CT molecular complexity index is 1330. The first-order chi connectivity index (χ1) is 14.9. The zero-order valence-electron chi connectivity index (χ0n) is 16.8. The molecule has 31 heavy (non-hydrogen) atoms. The summed E-state index contributed by atoms with van der Waals surface area (Å²) >= 11 is 1.49. The van der Waals surface area contributed by atoms with E-state index in [1.165, 1.54) is 24.5 Å². The first kappa shape index (κ1) is 20.9. The molecule has 2 heterocycles. The van der Waals surface area contributed by atoms with Crippen LogP contribution in [0.3, 0.4) is 0 Å². The molecule has 0 saturated carbocycles. The number of benzene rings is 2. The number of imidazole rings is 1. The number of amides is 1. The summed E-state index contributed by atoms with van der Waals surface area (Å²) in [4.78, 5) is 17.7. The molecule has 0 atom stereocenters. The molecular weight excluding hydrogens is 436 g/mol. The van der Waals surface area contributed by atoms with Crippen LogP contribution < -0.4 is 14.8 Å². The number of ether oxygens (including phenoxy) is 1. The fourth-order valence-electron chi connectivity index (χ4n) is 3.13. The van der Waals surface area contributed by atoms with E-state index in [-0.39, 0.29) is 17.2 Å². The van der Waals surface area contributed by atoms with Gasteiger partial charge >= 0.3 is 0 Å². The molecule has 1 amide bonds. The molecular formula is C21H20N4O4S2. The Labute approximate surface area is 183 Å². The van der Waals surface area contributed by atoms with Crippen LogP contribution in [-0.4, -0.2) is 30.8 Å². The first-order valence-corrected chi connectivity index (χ1v) is 11.7. The fraction of sp³-hybridized carbons (Fsp3) is 0.143. The summed E-state index contributed by atoms with van der Waals surface area (Å²) < 4.78 is 35.6. The second-order valence-corrected chi connectivity index (χ2v) is 9.36. The van der Waals surface area contributed by atoms with Crippen molar-refractivity contribution in [1.82, 2.24) is 9.38 Å². The van der Waals surface area contributed by atoms with Crippen molar-refractivity contribution in [2.75, 3.05) is 17.1 Å². The monoisotopic (exact) mass is 456 g/mol. The molecule has 0 unspecified atom stereocenters. The van der Waals surface area contributed by atoms with E-state index >= 15 is 0 Å². The number of nitrogens with one attached hydrogen (secondary N) is 2. The molecule has 2 N–H and O–H groups in total. The molecule has 4 rings (SSSR count). The highest BCUT2D eigenvalue weighted by atomic mass is 32.2. The number of hydrogen-bond donors (Lipinski definition) is 2. The van der Waals surface area contributed by atoms with E-state index in [1.54, 1.807) is 49.5 Å². The van der Waals surface area contributed by atoms with Crippen LogP contribution in [0.5, 0.6) is 5.75 Å². The van der Waals surface area contributed by atoms with E-state index in [4.69, 9.17) is 4.74 Å². The lowest BCUT2D eigenvalue weighted by atomic mass is 10.2. The molecule has 0 spiro atoms. The number of methoxy groups -OCH3 is 1. The van der Waals surface area contributed by atoms with Crippen molar-refractivity contribution in [3.63, 3.8) is 0 Å². The molecule has 0 aliphatic heterocycles. The lowest BCUT2D eigenvalue weighted by molar-refractivity contribution is -0.115.